The predicted molar refractivity (Wildman–Crippen MR) is 88.4 cm³/mol. The topological polar surface area (TPSA) is 56.8 Å². The minimum absolute atomic E-state index is 0.0529. The van der Waals surface area contributed by atoms with Crippen molar-refractivity contribution < 1.29 is 32.2 Å². The van der Waals surface area contributed by atoms with Gasteiger partial charge in [0.05, 0.1) is 12.1 Å². The third-order valence-electron chi connectivity index (χ3n) is 3.19. The summed E-state index contributed by atoms with van der Waals surface area (Å²) in [6.45, 7) is -3.18. The van der Waals surface area contributed by atoms with E-state index >= 15 is 0 Å². The SMILES string of the molecule is COc1cc(CNC(=O)COc2ccc(F)cc2Cl)ccc1OC(F)F. The van der Waals surface area contributed by atoms with Crippen molar-refractivity contribution in [3.05, 3.63) is 52.8 Å². The van der Waals surface area contributed by atoms with Crippen LogP contribution in [0.2, 0.25) is 5.02 Å². The molecule has 5 nitrogen and oxygen atoms in total. The number of alkyl halides is 2. The molecular weight excluding hydrogens is 375 g/mol. The largest absolute Gasteiger partial charge is 0.493 e. The van der Waals surface area contributed by atoms with Crippen LogP contribution in [0.4, 0.5) is 13.2 Å². The zero-order chi connectivity index (χ0) is 19.1. The highest BCUT2D eigenvalue weighted by Gasteiger charge is 2.12. The number of carbonyl (C=O) groups is 1. The zero-order valence-electron chi connectivity index (χ0n) is 13.6. The number of hydrogen-bond acceptors (Lipinski definition) is 4. The third-order valence-corrected chi connectivity index (χ3v) is 3.48. The van der Waals surface area contributed by atoms with Gasteiger partial charge in [0.15, 0.2) is 18.1 Å². The molecule has 2 rings (SSSR count). The Hall–Kier alpha value is -2.61. The fourth-order valence-electron chi connectivity index (χ4n) is 2.00. The summed E-state index contributed by atoms with van der Waals surface area (Å²) in [7, 11) is 1.32. The van der Waals surface area contributed by atoms with E-state index in [9.17, 15) is 18.0 Å². The molecule has 9 heteroatoms. The zero-order valence-corrected chi connectivity index (χ0v) is 14.4. The number of carbonyl (C=O) groups excluding carboxylic acids is 1. The number of halogens is 4. The molecule has 0 atom stereocenters. The number of amides is 1. The lowest BCUT2D eigenvalue weighted by molar-refractivity contribution is -0.123. The molecule has 1 amide bonds. The van der Waals surface area contributed by atoms with E-state index in [1.54, 1.807) is 0 Å². The normalized spacial score (nSPS) is 10.5. The molecule has 0 aliphatic rings. The van der Waals surface area contributed by atoms with E-state index in [1.807, 2.05) is 0 Å². The monoisotopic (exact) mass is 389 g/mol. The van der Waals surface area contributed by atoms with Crippen molar-refractivity contribution in [1.82, 2.24) is 5.32 Å². The fourth-order valence-corrected chi connectivity index (χ4v) is 2.22. The summed E-state index contributed by atoms with van der Waals surface area (Å²) in [6, 6.07) is 7.85. The Bertz CT molecular complexity index is 774. The number of methoxy groups -OCH3 is 1. The van der Waals surface area contributed by atoms with Gasteiger partial charge in [-0.15, -0.1) is 0 Å². The first kappa shape index (κ1) is 19.7. The van der Waals surface area contributed by atoms with Crippen molar-refractivity contribution in [2.75, 3.05) is 13.7 Å². The summed E-state index contributed by atoms with van der Waals surface area (Å²) >= 11 is 5.79. The molecule has 0 aliphatic carbocycles. The minimum Gasteiger partial charge on any atom is -0.493 e. The maximum Gasteiger partial charge on any atom is 0.387 e. The molecule has 0 bridgehead atoms. The van der Waals surface area contributed by atoms with Gasteiger partial charge in [0.2, 0.25) is 0 Å². The fraction of sp³-hybridized carbons (Fsp3) is 0.235. The van der Waals surface area contributed by atoms with Gasteiger partial charge < -0.3 is 19.5 Å². The molecule has 0 radical (unpaired) electrons. The van der Waals surface area contributed by atoms with Crippen molar-refractivity contribution in [1.29, 1.82) is 0 Å². The highest BCUT2D eigenvalue weighted by atomic mass is 35.5. The number of rotatable bonds is 8. The number of benzene rings is 2. The van der Waals surface area contributed by atoms with Crippen molar-refractivity contribution in [2.24, 2.45) is 0 Å². The van der Waals surface area contributed by atoms with Gasteiger partial charge in [-0.05, 0) is 35.9 Å². The van der Waals surface area contributed by atoms with E-state index in [-0.39, 0.29) is 35.4 Å². The second kappa shape index (κ2) is 9.19. The van der Waals surface area contributed by atoms with Gasteiger partial charge in [-0.1, -0.05) is 17.7 Å². The predicted octanol–water partition coefficient (Wildman–Crippen LogP) is 3.78. The Morgan fingerprint density at radius 1 is 1.15 bits per heavy atom. The summed E-state index contributed by atoms with van der Waals surface area (Å²) in [5.41, 5.74) is 0.608. The first-order valence-corrected chi connectivity index (χ1v) is 7.73. The Morgan fingerprint density at radius 3 is 2.54 bits per heavy atom. The van der Waals surface area contributed by atoms with Crippen LogP contribution in [0, 0.1) is 5.82 Å². The summed E-state index contributed by atoms with van der Waals surface area (Å²) in [6.07, 6.45) is 0. The highest BCUT2D eigenvalue weighted by Crippen LogP contribution is 2.29. The van der Waals surface area contributed by atoms with E-state index in [1.165, 1.54) is 31.4 Å². The van der Waals surface area contributed by atoms with Gasteiger partial charge in [-0.25, -0.2) is 4.39 Å². The Balaban J connectivity index is 1.88. The molecule has 0 fully saturated rings. The molecule has 0 spiro atoms. The number of hydrogen-bond donors (Lipinski definition) is 1. The van der Waals surface area contributed by atoms with Crippen molar-refractivity contribution in [3.63, 3.8) is 0 Å². The summed E-state index contributed by atoms with van der Waals surface area (Å²) in [4.78, 5) is 11.8. The van der Waals surface area contributed by atoms with Gasteiger partial charge in [-0.3, -0.25) is 4.79 Å². The quantitative estimate of drug-likeness (QED) is 0.746. The van der Waals surface area contributed by atoms with Crippen molar-refractivity contribution >= 4 is 17.5 Å². The van der Waals surface area contributed by atoms with Gasteiger partial charge in [0, 0.05) is 6.54 Å². The lowest BCUT2D eigenvalue weighted by Gasteiger charge is -2.12. The second-order valence-electron chi connectivity index (χ2n) is 5.00. The maximum atomic E-state index is 12.9. The van der Waals surface area contributed by atoms with Gasteiger partial charge in [0.1, 0.15) is 11.6 Å². The van der Waals surface area contributed by atoms with Crippen LogP contribution in [0.1, 0.15) is 5.56 Å². The van der Waals surface area contributed by atoms with Crippen LogP contribution in [-0.2, 0) is 11.3 Å². The Kier molecular flexibility index (Phi) is 6.97. The third kappa shape index (κ3) is 5.73. The molecule has 0 aliphatic heterocycles. The number of nitrogens with one attached hydrogen (secondary N) is 1. The van der Waals surface area contributed by atoms with Crippen LogP contribution in [-0.4, -0.2) is 26.2 Å². The average molecular weight is 390 g/mol. The average Bonchev–Trinajstić information content (AvgIpc) is 2.59. The maximum absolute atomic E-state index is 12.9. The summed E-state index contributed by atoms with van der Waals surface area (Å²) < 4.78 is 52.0. The first-order chi connectivity index (χ1) is 12.4. The molecule has 140 valence electrons. The summed E-state index contributed by atoms with van der Waals surface area (Å²) in [5.74, 6) is -0.770. The van der Waals surface area contributed by atoms with E-state index in [4.69, 9.17) is 21.1 Å². The first-order valence-electron chi connectivity index (χ1n) is 7.35. The number of ether oxygens (including phenoxy) is 3. The van der Waals surface area contributed by atoms with Crippen LogP contribution >= 0.6 is 11.6 Å². The molecule has 0 saturated heterocycles. The van der Waals surface area contributed by atoms with E-state index in [2.05, 4.69) is 10.1 Å². The van der Waals surface area contributed by atoms with Crippen LogP contribution in [0.3, 0.4) is 0 Å². The molecule has 2 aromatic carbocycles. The second-order valence-corrected chi connectivity index (χ2v) is 5.41. The van der Waals surface area contributed by atoms with E-state index in [0.29, 0.717) is 5.56 Å². The molecular formula is C17H15ClF3NO4. The van der Waals surface area contributed by atoms with Gasteiger partial charge in [0.25, 0.3) is 5.91 Å². The lowest BCUT2D eigenvalue weighted by Crippen LogP contribution is -2.28. The summed E-state index contributed by atoms with van der Waals surface area (Å²) in [5, 5.41) is 2.64. The molecule has 2 aromatic rings. The van der Waals surface area contributed by atoms with Crippen LogP contribution in [0.5, 0.6) is 17.2 Å². The van der Waals surface area contributed by atoms with Crippen molar-refractivity contribution in [3.8, 4) is 17.2 Å². The van der Waals surface area contributed by atoms with E-state index in [0.717, 1.165) is 12.1 Å². The molecule has 0 unspecified atom stereocenters. The molecule has 1 N–H and O–H groups in total. The Morgan fingerprint density at radius 2 is 1.88 bits per heavy atom. The standard InChI is InChI=1S/C17H15ClF3NO4/c1-24-15-6-10(2-4-14(15)26-17(20)21)8-22-16(23)9-25-13-5-3-11(19)7-12(13)18/h2-7,17H,8-9H2,1H3,(H,22,23). The Labute approximate surface area is 152 Å². The van der Waals surface area contributed by atoms with Crippen LogP contribution in [0.25, 0.3) is 0 Å². The molecule has 0 saturated carbocycles. The van der Waals surface area contributed by atoms with Crippen LogP contribution < -0.4 is 19.5 Å². The highest BCUT2D eigenvalue weighted by molar-refractivity contribution is 6.32. The van der Waals surface area contributed by atoms with E-state index < -0.39 is 18.3 Å². The minimum atomic E-state index is -2.97. The van der Waals surface area contributed by atoms with Gasteiger partial charge >= 0.3 is 6.61 Å². The molecule has 26 heavy (non-hydrogen) atoms. The lowest BCUT2D eigenvalue weighted by atomic mass is 10.2. The molecule has 0 aromatic heterocycles. The van der Waals surface area contributed by atoms with Crippen LogP contribution in [0.15, 0.2) is 36.4 Å². The van der Waals surface area contributed by atoms with Crippen molar-refractivity contribution in [2.45, 2.75) is 13.2 Å². The smallest absolute Gasteiger partial charge is 0.387 e. The molecule has 0 heterocycles. The van der Waals surface area contributed by atoms with Gasteiger partial charge in [-0.2, -0.15) is 8.78 Å².